The van der Waals surface area contributed by atoms with Gasteiger partial charge in [-0.2, -0.15) is 0 Å². The summed E-state index contributed by atoms with van der Waals surface area (Å²) in [4.78, 5) is 19.4. The number of anilines is 1. The first kappa shape index (κ1) is 21.0. The zero-order valence-corrected chi connectivity index (χ0v) is 17.5. The highest BCUT2D eigenvalue weighted by Gasteiger charge is 2.42. The number of benzene rings is 1. The fourth-order valence-corrected chi connectivity index (χ4v) is 4.32. The molecule has 1 aromatic carbocycles. The molecule has 0 radical (unpaired) electrons. The van der Waals surface area contributed by atoms with Gasteiger partial charge in [0.2, 0.25) is 11.7 Å². The molecule has 2 heterocycles. The Labute approximate surface area is 174 Å². The van der Waals surface area contributed by atoms with Crippen LogP contribution in [0.4, 0.5) is 10.2 Å². The van der Waals surface area contributed by atoms with E-state index in [1.54, 1.807) is 18.3 Å². The topological polar surface area (TPSA) is 66.9 Å². The highest BCUT2D eigenvalue weighted by atomic mass is 35.5. The van der Waals surface area contributed by atoms with Gasteiger partial charge in [-0.1, -0.05) is 44.5 Å². The van der Waals surface area contributed by atoms with Crippen LogP contribution < -0.4 is 10.6 Å². The molecule has 1 saturated heterocycles. The van der Waals surface area contributed by atoms with E-state index in [-0.39, 0.29) is 33.6 Å². The van der Waals surface area contributed by atoms with Crippen molar-refractivity contribution in [3.8, 4) is 0 Å². The number of hydrogen-bond donors (Lipinski definition) is 2. The van der Waals surface area contributed by atoms with Crippen LogP contribution in [0.15, 0.2) is 24.4 Å². The molecular formula is C20H23Cl2FN4O. The van der Waals surface area contributed by atoms with Gasteiger partial charge >= 0.3 is 0 Å². The third-order valence-electron chi connectivity index (χ3n) is 5.02. The predicted molar refractivity (Wildman–Crippen MR) is 109 cm³/mol. The molecule has 1 fully saturated rings. The molecule has 1 aliphatic heterocycles. The van der Waals surface area contributed by atoms with Gasteiger partial charge in [0.1, 0.15) is 11.6 Å². The number of aromatic nitrogens is 2. The summed E-state index contributed by atoms with van der Waals surface area (Å²) >= 11 is 12.0. The zero-order chi connectivity index (χ0) is 20.5. The van der Waals surface area contributed by atoms with Crippen molar-refractivity contribution in [3.05, 3.63) is 51.6 Å². The lowest BCUT2D eigenvalue weighted by Gasteiger charge is -2.30. The number of nitrogens with one attached hydrogen (secondary N) is 2. The number of carbonyl (C=O) groups is 1. The minimum Gasteiger partial charge on any atom is -0.313 e. The Hall–Kier alpha value is -1.76. The summed E-state index contributed by atoms with van der Waals surface area (Å²) in [7, 11) is 0. The van der Waals surface area contributed by atoms with Gasteiger partial charge in [-0.25, -0.2) is 14.4 Å². The average Bonchev–Trinajstić information content (AvgIpc) is 2.99. The Kier molecular flexibility index (Phi) is 6.22. The van der Waals surface area contributed by atoms with Crippen LogP contribution in [0.1, 0.15) is 50.2 Å². The summed E-state index contributed by atoms with van der Waals surface area (Å²) in [6.45, 7) is 7.04. The molecule has 1 amide bonds. The van der Waals surface area contributed by atoms with E-state index in [1.165, 1.54) is 6.07 Å². The lowest BCUT2D eigenvalue weighted by Crippen LogP contribution is -2.31. The third-order valence-corrected chi connectivity index (χ3v) is 5.50. The number of rotatable bonds is 5. The lowest BCUT2D eigenvalue weighted by molar-refractivity contribution is -0.105. The molecule has 1 aliphatic rings. The molecule has 3 rings (SSSR count). The van der Waals surface area contributed by atoms with Crippen molar-refractivity contribution in [2.45, 2.75) is 45.1 Å². The van der Waals surface area contributed by atoms with Crippen LogP contribution in [0, 0.1) is 11.2 Å². The van der Waals surface area contributed by atoms with E-state index in [4.69, 9.17) is 23.2 Å². The van der Waals surface area contributed by atoms with Crippen LogP contribution in [-0.4, -0.2) is 29.0 Å². The minimum atomic E-state index is -0.419. The van der Waals surface area contributed by atoms with Gasteiger partial charge in [0, 0.05) is 36.2 Å². The first-order valence-corrected chi connectivity index (χ1v) is 9.87. The molecule has 2 N–H and O–H groups in total. The summed E-state index contributed by atoms with van der Waals surface area (Å²) in [5.74, 6) is -0.429. The molecule has 3 atom stereocenters. The first-order chi connectivity index (χ1) is 13.2. The van der Waals surface area contributed by atoms with E-state index in [1.807, 2.05) is 0 Å². The summed E-state index contributed by atoms with van der Waals surface area (Å²) in [6.07, 6.45) is 3.02. The number of halogens is 3. The van der Waals surface area contributed by atoms with Crippen LogP contribution in [0.3, 0.4) is 0 Å². The van der Waals surface area contributed by atoms with Crippen molar-refractivity contribution in [1.29, 1.82) is 0 Å². The maximum Gasteiger partial charge on any atom is 0.224 e. The summed E-state index contributed by atoms with van der Waals surface area (Å²) in [5.41, 5.74) is 1.30. The van der Waals surface area contributed by atoms with Crippen molar-refractivity contribution in [2.75, 3.05) is 11.9 Å². The molecule has 0 spiro atoms. The molecule has 0 bridgehead atoms. The van der Waals surface area contributed by atoms with E-state index < -0.39 is 5.82 Å². The molecule has 8 heteroatoms. The lowest BCUT2D eigenvalue weighted by atomic mass is 9.76. The van der Waals surface area contributed by atoms with Crippen LogP contribution in [0.2, 0.25) is 10.3 Å². The van der Waals surface area contributed by atoms with Gasteiger partial charge in [0.25, 0.3) is 0 Å². The van der Waals surface area contributed by atoms with Crippen molar-refractivity contribution < 1.29 is 9.18 Å². The van der Waals surface area contributed by atoms with Crippen LogP contribution in [0.5, 0.6) is 0 Å². The average molecular weight is 425 g/mol. The minimum absolute atomic E-state index is 0.0388. The quantitative estimate of drug-likeness (QED) is 0.535. The second kappa shape index (κ2) is 8.31. The van der Waals surface area contributed by atoms with Crippen molar-refractivity contribution in [2.24, 2.45) is 5.41 Å². The van der Waals surface area contributed by atoms with Crippen LogP contribution in [0.25, 0.3) is 0 Å². The van der Waals surface area contributed by atoms with Gasteiger partial charge in [0.15, 0.2) is 0 Å². The van der Waals surface area contributed by atoms with Gasteiger partial charge in [0.05, 0.1) is 5.02 Å². The molecule has 3 unspecified atom stereocenters. The van der Waals surface area contributed by atoms with Gasteiger partial charge < -0.3 is 10.6 Å². The first-order valence-electron chi connectivity index (χ1n) is 9.11. The van der Waals surface area contributed by atoms with E-state index in [2.05, 4.69) is 41.4 Å². The Morgan fingerprint density at radius 1 is 1.32 bits per heavy atom. The van der Waals surface area contributed by atoms with Crippen molar-refractivity contribution in [1.82, 2.24) is 15.3 Å². The van der Waals surface area contributed by atoms with Crippen LogP contribution in [-0.2, 0) is 4.79 Å². The SMILES string of the molecule is CC(C)(C)CC1NCC(c2cccc(Cl)c2F)C1c1cnc(Cl)nc1NC=O. The molecule has 0 saturated carbocycles. The monoisotopic (exact) mass is 424 g/mol. The Bertz CT molecular complexity index is 872. The highest BCUT2D eigenvalue weighted by Crippen LogP contribution is 2.46. The maximum absolute atomic E-state index is 14.8. The second-order valence-corrected chi connectivity index (χ2v) is 9.01. The van der Waals surface area contributed by atoms with E-state index in [0.29, 0.717) is 24.3 Å². The fourth-order valence-electron chi connectivity index (χ4n) is 4.00. The summed E-state index contributed by atoms with van der Waals surface area (Å²) < 4.78 is 14.8. The maximum atomic E-state index is 14.8. The number of nitrogens with zero attached hydrogens (tertiary/aromatic N) is 2. The number of hydrogen-bond acceptors (Lipinski definition) is 4. The van der Waals surface area contributed by atoms with E-state index in [0.717, 1.165) is 12.0 Å². The van der Waals surface area contributed by atoms with Crippen molar-refractivity contribution >= 4 is 35.4 Å². The smallest absolute Gasteiger partial charge is 0.224 e. The Balaban J connectivity index is 2.11. The number of amides is 1. The zero-order valence-electron chi connectivity index (χ0n) is 16.0. The molecule has 2 aromatic rings. The standard InChI is InChI=1S/C20H23Cl2FN4O/c1-20(2,3)7-15-16(13-9-25-19(22)27-18(13)26-10-28)12(8-24-15)11-5-4-6-14(21)17(11)23/h4-6,9-10,12,15-16,24H,7-8H2,1-3H3,(H,25,26,27,28). The largest absolute Gasteiger partial charge is 0.313 e. The van der Waals surface area contributed by atoms with Gasteiger partial charge in [-0.05, 0) is 35.1 Å². The number of carbonyl (C=O) groups excluding carboxylic acids is 1. The van der Waals surface area contributed by atoms with E-state index in [9.17, 15) is 9.18 Å². The predicted octanol–water partition coefficient (Wildman–Crippen LogP) is 4.77. The summed E-state index contributed by atoms with van der Waals surface area (Å²) in [6, 6.07) is 5.08. The molecule has 1 aromatic heterocycles. The summed E-state index contributed by atoms with van der Waals surface area (Å²) in [5, 5.41) is 6.27. The van der Waals surface area contributed by atoms with Crippen molar-refractivity contribution in [3.63, 3.8) is 0 Å². The fraction of sp³-hybridized carbons (Fsp3) is 0.450. The Morgan fingerprint density at radius 2 is 2.07 bits per heavy atom. The second-order valence-electron chi connectivity index (χ2n) is 8.26. The molecule has 150 valence electrons. The third kappa shape index (κ3) is 4.45. The van der Waals surface area contributed by atoms with E-state index >= 15 is 0 Å². The molecule has 0 aliphatic carbocycles. The van der Waals surface area contributed by atoms with Gasteiger partial charge in [-0.3, -0.25) is 4.79 Å². The van der Waals surface area contributed by atoms with Gasteiger partial charge in [-0.15, -0.1) is 0 Å². The molecular weight excluding hydrogens is 402 g/mol. The molecule has 28 heavy (non-hydrogen) atoms. The Morgan fingerprint density at radius 3 is 2.75 bits per heavy atom. The molecule has 5 nitrogen and oxygen atoms in total. The highest BCUT2D eigenvalue weighted by molar-refractivity contribution is 6.30. The normalized spacial score (nSPS) is 22.3. The van der Waals surface area contributed by atoms with Crippen LogP contribution >= 0.6 is 23.2 Å².